The number of nitrogens with zero attached hydrogens (tertiary/aromatic N) is 1. The van der Waals surface area contributed by atoms with Crippen LogP contribution in [0.15, 0.2) is 24.3 Å². The van der Waals surface area contributed by atoms with Crippen LogP contribution in [-0.2, 0) is 4.74 Å². The average Bonchev–Trinajstić information content (AvgIpc) is 3.09. The van der Waals surface area contributed by atoms with E-state index in [0.717, 1.165) is 51.9 Å². The number of halogens is 2. The minimum Gasteiger partial charge on any atom is -0.434 e. The third kappa shape index (κ3) is 5.12. The van der Waals surface area contributed by atoms with Crippen LogP contribution in [0.5, 0.6) is 5.75 Å². The Balaban J connectivity index is 1.49. The van der Waals surface area contributed by atoms with E-state index < -0.39 is 6.61 Å². The molecule has 2 aliphatic rings. The number of benzene rings is 1. The molecule has 0 saturated carbocycles. The monoisotopic (exact) mass is 354 g/mol. The summed E-state index contributed by atoms with van der Waals surface area (Å²) in [6.45, 7) is 0.665. The normalized spacial score (nSPS) is 22.3. The first kappa shape index (κ1) is 18.1. The van der Waals surface area contributed by atoms with Gasteiger partial charge in [-0.2, -0.15) is 8.78 Å². The maximum atomic E-state index is 12.5. The lowest BCUT2D eigenvalue weighted by molar-refractivity contribution is -0.0501. The molecule has 0 aromatic heterocycles. The number of hydrogen-bond acceptors (Lipinski definition) is 4. The molecule has 138 valence electrons. The van der Waals surface area contributed by atoms with E-state index in [1.54, 1.807) is 12.1 Å². The van der Waals surface area contributed by atoms with Gasteiger partial charge in [0.05, 0.1) is 11.7 Å². The summed E-state index contributed by atoms with van der Waals surface area (Å²) in [6.07, 6.45) is 4.28. The molecule has 2 aliphatic heterocycles. The number of rotatable bonds is 6. The smallest absolute Gasteiger partial charge is 0.387 e. The van der Waals surface area contributed by atoms with Crippen LogP contribution in [0.25, 0.3) is 0 Å². The molecule has 3 rings (SSSR count). The van der Waals surface area contributed by atoms with Crippen molar-refractivity contribution in [3.05, 3.63) is 29.8 Å². The fourth-order valence-corrected chi connectivity index (χ4v) is 3.45. The number of carbonyl (C=O) groups excluding carboxylic acids is 1. The molecule has 1 aromatic rings. The number of ether oxygens (including phenoxy) is 2. The van der Waals surface area contributed by atoms with Crippen molar-refractivity contribution >= 4 is 5.91 Å². The molecule has 1 N–H and O–H groups in total. The standard InChI is InChI=1S/C18H24F2N2O3/c19-18(20)25-16-6-2-1-5-15(16)17(23)21-13-7-9-22(10-8-13)12-14-4-3-11-24-14/h1-2,5-6,13-14,18H,3-4,7-12H2,(H,21,23)/t14-/m0/s1. The van der Waals surface area contributed by atoms with Gasteiger partial charge in [-0.3, -0.25) is 4.79 Å². The number of likely N-dealkylation sites (tertiary alicyclic amines) is 1. The molecule has 7 heteroatoms. The molecular formula is C18H24F2N2O3. The molecule has 0 unspecified atom stereocenters. The highest BCUT2D eigenvalue weighted by atomic mass is 19.3. The van der Waals surface area contributed by atoms with Crippen LogP contribution >= 0.6 is 0 Å². The Kier molecular flexibility index (Phi) is 6.20. The Morgan fingerprint density at radius 1 is 1.28 bits per heavy atom. The fourth-order valence-electron chi connectivity index (χ4n) is 3.45. The molecule has 1 aromatic carbocycles. The van der Waals surface area contributed by atoms with Crippen molar-refractivity contribution in [1.82, 2.24) is 10.2 Å². The van der Waals surface area contributed by atoms with Crippen LogP contribution < -0.4 is 10.1 Å². The van der Waals surface area contributed by atoms with E-state index in [1.165, 1.54) is 12.1 Å². The molecule has 0 bridgehead atoms. The van der Waals surface area contributed by atoms with E-state index >= 15 is 0 Å². The van der Waals surface area contributed by atoms with Crippen molar-refractivity contribution in [3.8, 4) is 5.75 Å². The second kappa shape index (κ2) is 8.58. The van der Waals surface area contributed by atoms with Gasteiger partial charge in [0.2, 0.25) is 0 Å². The van der Waals surface area contributed by atoms with Crippen LogP contribution in [0.2, 0.25) is 0 Å². The molecule has 1 amide bonds. The number of carbonyl (C=O) groups is 1. The lowest BCUT2D eigenvalue weighted by Gasteiger charge is -2.33. The zero-order chi connectivity index (χ0) is 17.6. The third-order valence-corrected chi connectivity index (χ3v) is 4.76. The van der Waals surface area contributed by atoms with Crippen molar-refractivity contribution in [2.75, 3.05) is 26.2 Å². The van der Waals surface area contributed by atoms with Crippen LogP contribution in [0.1, 0.15) is 36.0 Å². The summed E-state index contributed by atoms with van der Waals surface area (Å²) in [5.74, 6) is -0.459. The summed E-state index contributed by atoms with van der Waals surface area (Å²) in [6, 6.07) is 6.13. The average molecular weight is 354 g/mol. The highest BCUT2D eigenvalue weighted by Crippen LogP contribution is 2.21. The summed E-state index contributed by atoms with van der Waals surface area (Å²) in [7, 11) is 0. The Labute approximate surface area is 146 Å². The molecule has 2 fully saturated rings. The number of piperidine rings is 1. The largest absolute Gasteiger partial charge is 0.434 e. The highest BCUT2D eigenvalue weighted by Gasteiger charge is 2.25. The second-order valence-corrected chi connectivity index (χ2v) is 6.56. The maximum Gasteiger partial charge on any atom is 0.387 e. The number of nitrogens with one attached hydrogen (secondary N) is 1. The van der Waals surface area contributed by atoms with Crippen LogP contribution in [0.3, 0.4) is 0 Å². The minimum absolute atomic E-state index is 0.0489. The summed E-state index contributed by atoms with van der Waals surface area (Å²) in [5, 5.41) is 2.94. The molecule has 2 saturated heterocycles. The molecule has 1 atom stereocenters. The first-order chi connectivity index (χ1) is 12.1. The van der Waals surface area contributed by atoms with Gasteiger partial charge in [-0.15, -0.1) is 0 Å². The van der Waals surface area contributed by atoms with Gasteiger partial charge in [-0.05, 0) is 37.8 Å². The Morgan fingerprint density at radius 3 is 2.72 bits per heavy atom. The third-order valence-electron chi connectivity index (χ3n) is 4.76. The first-order valence-electron chi connectivity index (χ1n) is 8.80. The van der Waals surface area contributed by atoms with E-state index in [2.05, 4.69) is 15.0 Å². The Morgan fingerprint density at radius 2 is 2.04 bits per heavy atom. The predicted molar refractivity (Wildman–Crippen MR) is 89.0 cm³/mol. The van der Waals surface area contributed by atoms with Crippen molar-refractivity contribution in [2.24, 2.45) is 0 Å². The molecule has 25 heavy (non-hydrogen) atoms. The SMILES string of the molecule is O=C(NC1CCN(C[C@@H]2CCCO2)CC1)c1ccccc1OC(F)F. The van der Waals surface area contributed by atoms with Gasteiger partial charge in [0.1, 0.15) is 5.75 Å². The van der Waals surface area contributed by atoms with E-state index in [-0.39, 0.29) is 23.3 Å². The maximum absolute atomic E-state index is 12.5. The van der Waals surface area contributed by atoms with Crippen LogP contribution in [0.4, 0.5) is 8.78 Å². The van der Waals surface area contributed by atoms with E-state index in [9.17, 15) is 13.6 Å². The summed E-state index contributed by atoms with van der Waals surface area (Å²) >= 11 is 0. The van der Waals surface area contributed by atoms with Crippen molar-refractivity contribution in [3.63, 3.8) is 0 Å². The van der Waals surface area contributed by atoms with Crippen LogP contribution in [-0.4, -0.2) is 55.8 Å². The van der Waals surface area contributed by atoms with Crippen molar-refractivity contribution in [2.45, 2.75) is 44.4 Å². The van der Waals surface area contributed by atoms with Gasteiger partial charge in [0.25, 0.3) is 5.91 Å². The number of hydrogen-bond donors (Lipinski definition) is 1. The van der Waals surface area contributed by atoms with Gasteiger partial charge in [0.15, 0.2) is 0 Å². The van der Waals surface area contributed by atoms with Gasteiger partial charge in [-0.1, -0.05) is 12.1 Å². The van der Waals surface area contributed by atoms with Gasteiger partial charge in [-0.25, -0.2) is 0 Å². The molecule has 5 nitrogen and oxygen atoms in total. The lowest BCUT2D eigenvalue weighted by atomic mass is 10.0. The Bertz CT molecular complexity index is 571. The van der Waals surface area contributed by atoms with Crippen LogP contribution in [0, 0.1) is 0 Å². The summed E-state index contributed by atoms with van der Waals surface area (Å²) in [4.78, 5) is 14.8. The predicted octanol–water partition coefficient (Wildman–Crippen LogP) is 2.66. The molecule has 0 aliphatic carbocycles. The van der Waals surface area contributed by atoms with Gasteiger partial charge in [0, 0.05) is 32.3 Å². The molecule has 0 spiro atoms. The van der Waals surface area contributed by atoms with E-state index in [0.29, 0.717) is 6.10 Å². The van der Waals surface area contributed by atoms with E-state index in [1.807, 2.05) is 0 Å². The minimum atomic E-state index is -2.95. The topological polar surface area (TPSA) is 50.8 Å². The van der Waals surface area contributed by atoms with E-state index in [4.69, 9.17) is 4.74 Å². The van der Waals surface area contributed by atoms with Crippen molar-refractivity contribution < 1.29 is 23.0 Å². The zero-order valence-corrected chi connectivity index (χ0v) is 14.1. The fraction of sp³-hybridized carbons (Fsp3) is 0.611. The molecule has 2 heterocycles. The second-order valence-electron chi connectivity index (χ2n) is 6.56. The van der Waals surface area contributed by atoms with Gasteiger partial charge < -0.3 is 19.7 Å². The summed E-state index contributed by atoms with van der Waals surface area (Å²) in [5.41, 5.74) is 0.143. The molecule has 0 radical (unpaired) electrons. The zero-order valence-electron chi connectivity index (χ0n) is 14.1. The van der Waals surface area contributed by atoms with Crippen molar-refractivity contribution in [1.29, 1.82) is 0 Å². The number of para-hydroxylation sites is 1. The summed E-state index contributed by atoms with van der Waals surface area (Å²) < 4.78 is 35.0. The number of alkyl halides is 2. The highest BCUT2D eigenvalue weighted by molar-refractivity contribution is 5.97. The Hall–Kier alpha value is -1.73. The van der Waals surface area contributed by atoms with Gasteiger partial charge >= 0.3 is 6.61 Å². The number of amides is 1. The molecular weight excluding hydrogens is 330 g/mol. The quantitative estimate of drug-likeness (QED) is 0.853. The lowest BCUT2D eigenvalue weighted by Crippen LogP contribution is -2.46. The first-order valence-corrected chi connectivity index (χ1v) is 8.80.